The van der Waals surface area contributed by atoms with Crippen LogP contribution in [0.1, 0.15) is 23.7 Å². The van der Waals surface area contributed by atoms with Gasteiger partial charge in [-0.3, -0.25) is 4.79 Å². The van der Waals surface area contributed by atoms with Crippen molar-refractivity contribution in [1.29, 1.82) is 0 Å². The summed E-state index contributed by atoms with van der Waals surface area (Å²) in [7, 11) is 1.60. The minimum absolute atomic E-state index is 0.0718. The second-order valence-electron chi connectivity index (χ2n) is 6.40. The normalized spacial score (nSPS) is 16.9. The second kappa shape index (κ2) is 6.63. The van der Waals surface area contributed by atoms with Gasteiger partial charge in [0.25, 0.3) is 5.89 Å². The first kappa shape index (κ1) is 16.3. The largest absolute Gasteiger partial charge is 0.496 e. The Hall–Kier alpha value is -3.15. The summed E-state index contributed by atoms with van der Waals surface area (Å²) in [4.78, 5) is 18.7. The highest BCUT2D eigenvalue weighted by molar-refractivity contribution is 5.96. The Kier molecular flexibility index (Phi) is 4.16. The summed E-state index contributed by atoms with van der Waals surface area (Å²) < 4.78 is 10.8. The number of anilines is 1. The van der Waals surface area contributed by atoms with Crippen LogP contribution < -0.4 is 9.64 Å². The first-order valence-corrected chi connectivity index (χ1v) is 8.49. The van der Waals surface area contributed by atoms with E-state index in [2.05, 4.69) is 10.1 Å². The molecule has 0 N–H and O–H groups in total. The predicted molar refractivity (Wildman–Crippen MR) is 97.2 cm³/mol. The van der Waals surface area contributed by atoms with E-state index in [0.717, 1.165) is 16.8 Å². The van der Waals surface area contributed by atoms with Crippen molar-refractivity contribution in [3.8, 4) is 17.2 Å². The lowest BCUT2D eigenvalue weighted by Gasteiger charge is -2.16. The minimum Gasteiger partial charge on any atom is -0.496 e. The maximum atomic E-state index is 12.4. The number of aryl methyl sites for hydroxylation is 1. The van der Waals surface area contributed by atoms with Gasteiger partial charge in [0.1, 0.15) is 5.75 Å². The van der Waals surface area contributed by atoms with Gasteiger partial charge in [-0.2, -0.15) is 4.98 Å². The topological polar surface area (TPSA) is 68.5 Å². The highest BCUT2D eigenvalue weighted by atomic mass is 16.5. The fraction of sp³-hybridized carbons (Fsp3) is 0.250. The molecular weight excluding hydrogens is 330 g/mol. The predicted octanol–water partition coefficient (Wildman–Crippen LogP) is 3.57. The molecule has 2 aromatic carbocycles. The van der Waals surface area contributed by atoms with E-state index in [1.807, 2.05) is 55.5 Å². The molecule has 1 amide bonds. The lowest BCUT2D eigenvalue weighted by molar-refractivity contribution is -0.117. The number of carbonyl (C=O) groups excluding carboxylic acids is 1. The molecule has 0 unspecified atom stereocenters. The van der Waals surface area contributed by atoms with Gasteiger partial charge in [0.2, 0.25) is 5.91 Å². The minimum atomic E-state index is -0.0870. The average Bonchev–Trinajstić information content (AvgIpc) is 3.29. The van der Waals surface area contributed by atoms with Crippen LogP contribution in [0.3, 0.4) is 0 Å². The second-order valence-corrected chi connectivity index (χ2v) is 6.40. The smallest absolute Gasteiger partial charge is 0.261 e. The third-order valence-corrected chi connectivity index (χ3v) is 4.61. The van der Waals surface area contributed by atoms with E-state index in [1.54, 1.807) is 12.0 Å². The molecule has 4 rings (SSSR count). The zero-order valence-corrected chi connectivity index (χ0v) is 14.7. The van der Waals surface area contributed by atoms with Crippen molar-refractivity contribution in [2.45, 2.75) is 19.3 Å². The van der Waals surface area contributed by atoms with Crippen LogP contribution in [0.25, 0.3) is 11.5 Å². The van der Waals surface area contributed by atoms with Crippen molar-refractivity contribution in [1.82, 2.24) is 10.1 Å². The fourth-order valence-electron chi connectivity index (χ4n) is 3.19. The molecule has 1 aliphatic rings. The van der Waals surface area contributed by atoms with Gasteiger partial charge in [0, 0.05) is 24.6 Å². The molecule has 1 aromatic heterocycles. The van der Waals surface area contributed by atoms with Gasteiger partial charge in [-0.25, -0.2) is 0 Å². The van der Waals surface area contributed by atoms with Crippen LogP contribution in [0.2, 0.25) is 0 Å². The number of hydrogen-bond acceptors (Lipinski definition) is 5. The quantitative estimate of drug-likeness (QED) is 0.720. The van der Waals surface area contributed by atoms with Gasteiger partial charge in [0.15, 0.2) is 5.82 Å². The molecule has 6 heteroatoms. The maximum absolute atomic E-state index is 12.4. The summed E-state index contributed by atoms with van der Waals surface area (Å²) in [6.07, 6.45) is 0.374. The number of rotatable bonds is 4. The van der Waals surface area contributed by atoms with Gasteiger partial charge in [0.05, 0.1) is 12.7 Å². The van der Waals surface area contributed by atoms with Crippen LogP contribution in [0.15, 0.2) is 53.1 Å². The molecule has 0 radical (unpaired) electrons. The molecule has 2 heterocycles. The molecule has 1 atom stereocenters. The molecule has 1 fully saturated rings. The summed E-state index contributed by atoms with van der Waals surface area (Å²) in [5.41, 5.74) is 2.81. The summed E-state index contributed by atoms with van der Waals surface area (Å²) in [5.74, 6) is 1.61. The Morgan fingerprint density at radius 2 is 1.92 bits per heavy atom. The summed E-state index contributed by atoms with van der Waals surface area (Å²) >= 11 is 0. The Morgan fingerprint density at radius 1 is 1.15 bits per heavy atom. The van der Waals surface area contributed by atoms with Crippen LogP contribution in [0.4, 0.5) is 5.69 Å². The maximum Gasteiger partial charge on any atom is 0.261 e. The van der Waals surface area contributed by atoms with E-state index in [1.165, 1.54) is 0 Å². The number of hydrogen-bond donors (Lipinski definition) is 0. The van der Waals surface area contributed by atoms with Gasteiger partial charge in [-0.05, 0) is 31.2 Å². The lowest BCUT2D eigenvalue weighted by atomic mass is 10.1. The zero-order chi connectivity index (χ0) is 18.1. The summed E-state index contributed by atoms with van der Waals surface area (Å²) in [6, 6.07) is 15.4. The van der Waals surface area contributed by atoms with Crippen LogP contribution in [-0.4, -0.2) is 29.7 Å². The number of benzene rings is 2. The van der Waals surface area contributed by atoms with E-state index >= 15 is 0 Å². The first-order valence-electron chi connectivity index (χ1n) is 8.49. The van der Waals surface area contributed by atoms with Crippen molar-refractivity contribution >= 4 is 11.6 Å². The number of methoxy groups -OCH3 is 1. The molecular formula is C20H19N3O3. The SMILES string of the molecule is COc1ccccc1-c1nc([C@H]2CC(=O)N(c3ccc(C)cc3)C2)no1. The van der Waals surface area contributed by atoms with Gasteiger partial charge in [-0.15, -0.1) is 0 Å². The van der Waals surface area contributed by atoms with Crippen LogP contribution in [0.5, 0.6) is 5.75 Å². The van der Waals surface area contributed by atoms with E-state index in [-0.39, 0.29) is 11.8 Å². The molecule has 6 nitrogen and oxygen atoms in total. The monoisotopic (exact) mass is 349 g/mol. The Balaban J connectivity index is 1.57. The van der Waals surface area contributed by atoms with E-state index in [4.69, 9.17) is 9.26 Å². The molecule has 3 aromatic rings. The molecule has 0 aliphatic carbocycles. The molecule has 132 valence electrons. The molecule has 1 aliphatic heterocycles. The lowest BCUT2D eigenvalue weighted by Crippen LogP contribution is -2.24. The highest BCUT2D eigenvalue weighted by Gasteiger charge is 2.34. The van der Waals surface area contributed by atoms with E-state index < -0.39 is 0 Å². The number of carbonyl (C=O) groups is 1. The zero-order valence-electron chi connectivity index (χ0n) is 14.7. The van der Waals surface area contributed by atoms with Crippen molar-refractivity contribution in [2.24, 2.45) is 0 Å². The Labute approximate surface area is 151 Å². The van der Waals surface area contributed by atoms with Crippen LogP contribution >= 0.6 is 0 Å². The van der Waals surface area contributed by atoms with Gasteiger partial charge in [-0.1, -0.05) is 35.0 Å². The summed E-state index contributed by atoms with van der Waals surface area (Å²) in [5, 5.41) is 4.11. The van der Waals surface area contributed by atoms with E-state index in [0.29, 0.717) is 30.4 Å². The van der Waals surface area contributed by atoms with Gasteiger partial charge >= 0.3 is 0 Å². The Morgan fingerprint density at radius 3 is 2.69 bits per heavy atom. The molecule has 0 saturated carbocycles. The number of ether oxygens (including phenoxy) is 1. The molecule has 0 bridgehead atoms. The average molecular weight is 349 g/mol. The highest BCUT2D eigenvalue weighted by Crippen LogP contribution is 2.33. The van der Waals surface area contributed by atoms with Gasteiger partial charge < -0.3 is 14.2 Å². The van der Waals surface area contributed by atoms with E-state index in [9.17, 15) is 4.79 Å². The number of aromatic nitrogens is 2. The Bertz CT molecular complexity index is 933. The fourth-order valence-corrected chi connectivity index (χ4v) is 3.19. The number of nitrogens with zero attached hydrogens (tertiary/aromatic N) is 3. The first-order chi connectivity index (χ1) is 12.7. The third kappa shape index (κ3) is 2.94. The molecule has 1 saturated heterocycles. The third-order valence-electron chi connectivity index (χ3n) is 4.61. The summed E-state index contributed by atoms with van der Waals surface area (Å²) in [6.45, 7) is 2.57. The molecule has 26 heavy (non-hydrogen) atoms. The number of para-hydroxylation sites is 1. The van der Waals surface area contributed by atoms with Crippen LogP contribution in [-0.2, 0) is 4.79 Å². The van der Waals surface area contributed by atoms with Crippen molar-refractivity contribution < 1.29 is 14.1 Å². The number of amides is 1. The standard InChI is InChI=1S/C20H19N3O3/c1-13-7-9-15(10-8-13)23-12-14(11-18(23)24)19-21-20(26-22-19)16-5-3-4-6-17(16)25-2/h3-10,14H,11-12H2,1-2H3/t14-/m0/s1. The van der Waals surface area contributed by atoms with Crippen LogP contribution in [0, 0.1) is 6.92 Å². The van der Waals surface area contributed by atoms with Crippen molar-refractivity contribution in [2.75, 3.05) is 18.6 Å². The van der Waals surface area contributed by atoms with Crippen molar-refractivity contribution in [3.05, 3.63) is 59.9 Å². The van der Waals surface area contributed by atoms with Crippen molar-refractivity contribution in [3.63, 3.8) is 0 Å². The molecule has 0 spiro atoms.